The molecule has 0 unspecified atom stereocenters. The molecule has 0 saturated heterocycles. The highest BCUT2D eigenvalue weighted by molar-refractivity contribution is 5.82. The Balaban J connectivity index is 1.61. The molecule has 0 saturated carbocycles. The summed E-state index contributed by atoms with van der Waals surface area (Å²) in [6.45, 7) is 2.74. The first-order chi connectivity index (χ1) is 11.1. The van der Waals surface area contributed by atoms with E-state index in [-0.39, 0.29) is 0 Å². The van der Waals surface area contributed by atoms with Gasteiger partial charge >= 0.3 is 0 Å². The molecule has 0 radical (unpaired) electrons. The number of hydrogen-bond donors (Lipinski definition) is 1. The molecule has 0 bridgehead atoms. The third kappa shape index (κ3) is 2.31. The lowest BCUT2D eigenvalue weighted by Crippen LogP contribution is -2.23. The predicted molar refractivity (Wildman–Crippen MR) is 86.9 cm³/mol. The fourth-order valence-corrected chi connectivity index (χ4v) is 2.92. The summed E-state index contributed by atoms with van der Waals surface area (Å²) in [5, 5.41) is 8.49. The Morgan fingerprint density at radius 3 is 3.09 bits per heavy atom. The summed E-state index contributed by atoms with van der Waals surface area (Å²) in [5.74, 6) is 2.37. The number of ether oxygens (including phenoxy) is 1. The van der Waals surface area contributed by atoms with Gasteiger partial charge in [-0.15, -0.1) is 10.2 Å². The highest BCUT2D eigenvalue weighted by atomic mass is 16.5. The molecular formula is C15H19N7O. The molecule has 3 heterocycles. The minimum absolute atomic E-state index is 0.520. The molecule has 0 amide bonds. The van der Waals surface area contributed by atoms with Crippen LogP contribution in [0.1, 0.15) is 11.6 Å². The lowest BCUT2D eigenvalue weighted by atomic mass is 10.2. The van der Waals surface area contributed by atoms with Gasteiger partial charge in [-0.3, -0.25) is 0 Å². The second-order valence-corrected chi connectivity index (χ2v) is 5.79. The maximum atomic E-state index is 5.87. The molecule has 2 N–H and O–H groups in total. The zero-order valence-corrected chi connectivity index (χ0v) is 13.2. The van der Waals surface area contributed by atoms with Crippen LogP contribution in [0.3, 0.4) is 0 Å². The molecule has 0 fully saturated rings. The van der Waals surface area contributed by atoms with Crippen LogP contribution in [0.4, 0.5) is 11.6 Å². The first-order valence-corrected chi connectivity index (χ1v) is 7.55. The van der Waals surface area contributed by atoms with Gasteiger partial charge < -0.3 is 24.5 Å². The third-order valence-electron chi connectivity index (χ3n) is 4.31. The first kappa shape index (κ1) is 14.0. The molecule has 1 aliphatic rings. The van der Waals surface area contributed by atoms with Crippen LogP contribution < -0.4 is 10.6 Å². The van der Waals surface area contributed by atoms with E-state index in [0.717, 1.165) is 34.9 Å². The van der Waals surface area contributed by atoms with Crippen molar-refractivity contribution < 1.29 is 4.74 Å². The van der Waals surface area contributed by atoms with E-state index in [2.05, 4.69) is 30.7 Å². The Morgan fingerprint density at radius 2 is 2.22 bits per heavy atom. The fraction of sp³-hybridized carbons (Fsp3) is 0.400. The van der Waals surface area contributed by atoms with Gasteiger partial charge in [0.2, 0.25) is 5.95 Å². The average molecular weight is 313 g/mol. The monoisotopic (exact) mass is 313 g/mol. The Morgan fingerprint density at radius 1 is 1.35 bits per heavy atom. The second-order valence-electron chi connectivity index (χ2n) is 5.79. The first-order valence-electron chi connectivity index (χ1n) is 7.55. The van der Waals surface area contributed by atoms with E-state index in [1.807, 2.05) is 30.8 Å². The third-order valence-corrected chi connectivity index (χ3v) is 4.31. The maximum absolute atomic E-state index is 5.87. The minimum Gasteiger partial charge on any atom is -0.372 e. The van der Waals surface area contributed by atoms with E-state index in [4.69, 9.17) is 10.5 Å². The Kier molecular flexibility index (Phi) is 3.19. The Bertz CT molecular complexity index is 866. The molecule has 1 aliphatic heterocycles. The lowest BCUT2D eigenvalue weighted by molar-refractivity contribution is 0.0806. The van der Waals surface area contributed by atoms with Crippen LogP contribution in [0.5, 0.6) is 0 Å². The zero-order chi connectivity index (χ0) is 16.0. The molecule has 0 aliphatic carbocycles. The molecule has 0 atom stereocenters. The number of aryl methyl sites for hydroxylation is 1. The van der Waals surface area contributed by atoms with Crippen molar-refractivity contribution in [1.82, 2.24) is 24.3 Å². The number of aromatic nitrogens is 5. The van der Waals surface area contributed by atoms with Crippen molar-refractivity contribution in [3.05, 3.63) is 29.8 Å². The fourth-order valence-electron chi connectivity index (χ4n) is 2.92. The molecule has 2 aromatic heterocycles. The summed E-state index contributed by atoms with van der Waals surface area (Å²) in [6, 6.07) is 6.15. The van der Waals surface area contributed by atoms with Gasteiger partial charge in [0, 0.05) is 26.3 Å². The second kappa shape index (κ2) is 5.24. The summed E-state index contributed by atoms with van der Waals surface area (Å²) >= 11 is 0. The highest BCUT2D eigenvalue weighted by Crippen LogP contribution is 2.23. The van der Waals surface area contributed by atoms with E-state index in [1.54, 1.807) is 0 Å². The molecule has 4 rings (SSSR count). The lowest BCUT2D eigenvalue weighted by Gasteiger charge is -2.21. The minimum atomic E-state index is 0.520. The van der Waals surface area contributed by atoms with Gasteiger partial charge in [-0.2, -0.15) is 0 Å². The number of rotatable bonds is 3. The van der Waals surface area contributed by atoms with Crippen LogP contribution in [-0.4, -0.2) is 38.0 Å². The van der Waals surface area contributed by atoms with Crippen LogP contribution >= 0.6 is 0 Å². The van der Waals surface area contributed by atoms with E-state index >= 15 is 0 Å². The molecule has 120 valence electrons. The molecule has 1 aromatic carbocycles. The van der Waals surface area contributed by atoms with Crippen molar-refractivity contribution in [2.75, 3.05) is 24.3 Å². The smallest absolute Gasteiger partial charge is 0.200 e. The van der Waals surface area contributed by atoms with E-state index in [1.165, 1.54) is 0 Å². The van der Waals surface area contributed by atoms with Gasteiger partial charge in [0.25, 0.3) is 0 Å². The van der Waals surface area contributed by atoms with Gasteiger partial charge in [0.05, 0.1) is 24.2 Å². The quantitative estimate of drug-likeness (QED) is 0.773. The number of nitrogens with two attached hydrogens (primary N) is 1. The van der Waals surface area contributed by atoms with Crippen molar-refractivity contribution >= 4 is 22.7 Å². The molecule has 0 spiro atoms. The Hall–Kier alpha value is -2.61. The van der Waals surface area contributed by atoms with Crippen LogP contribution in [0.25, 0.3) is 11.0 Å². The number of anilines is 2. The normalized spacial score (nSPS) is 14.2. The summed E-state index contributed by atoms with van der Waals surface area (Å²) < 4.78 is 9.42. The maximum Gasteiger partial charge on any atom is 0.200 e. The number of hydrogen-bond acceptors (Lipinski definition) is 6. The zero-order valence-electron chi connectivity index (χ0n) is 13.2. The topological polar surface area (TPSA) is 87.0 Å². The Labute approximate surface area is 133 Å². The van der Waals surface area contributed by atoms with Crippen LogP contribution in [0.2, 0.25) is 0 Å². The number of imidazole rings is 1. The van der Waals surface area contributed by atoms with Crippen molar-refractivity contribution in [3.8, 4) is 0 Å². The summed E-state index contributed by atoms with van der Waals surface area (Å²) in [6.07, 6.45) is 0. The van der Waals surface area contributed by atoms with Gasteiger partial charge in [-0.25, -0.2) is 4.98 Å². The largest absolute Gasteiger partial charge is 0.372 e. The predicted octanol–water partition coefficient (Wildman–Crippen LogP) is 0.914. The molecule has 8 heteroatoms. The van der Waals surface area contributed by atoms with E-state index < -0.39 is 0 Å². The van der Waals surface area contributed by atoms with Crippen molar-refractivity contribution in [2.24, 2.45) is 7.05 Å². The summed E-state index contributed by atoms with van der Waals surface area (Å²) in [7, 11) is 3.95. The van der Waals surface area contributed by atoms with Gasteiger partial charge in [0.15, 0.2) is 11.6 Å². The van der Waals surface area contributed by atoms with Crippen LogP contribution in [0, 0.1) is 0 Å². The van der Waals surface area contributed by atoms with Gasteiger partial charge in [-0.1, -0.05) is 0 Å². The summed E-state index contributed by atoms with van der Waals surface area (Å²) in [5.41, 5.74) is 8.86. The highest BCUT2D eigenvalue weighted by Gasteiger charge is 2.17. The van der Waals surface area contributed by atoms with Gasteiger partial charge in [-0.05, 0) is 18.2 Å². The number of nitrogen functional groups attached to an aromatic ring is 1. The van der Waals surface area contributed by atoms with Gasteiger partial charge in [0.1, 0.15) is 6.61 Å². The van der Waals surface area contributed by atoms with E-state index in [9.17, 15) is 0 Å². The number of fused-ring (bicyclic) bond motifs is 2. The van der Waals surface area contributed by atoms with Crippen LogP contribution in [0.15, 0.2) is 18.2 Å². The molecular weight excluding hydrogens is 294 g/mol. The number of nitrogens with zero attached hydrogens (tertiary/aromatic N) is 6. The molecule has 3 aromatic rings. The van der Waals surface area contributed by atoms with Crippen LogP contribution in [-0.2, 0) is 31.5 Å². The van der Waals surface area contributed by atoms with Crippen molar-refractivity contribution in [1.29, 1.82) is 0 Å². The molecule has 8 nitrogen and oxygen atoms in total. The van der Waals surface area contributed by atoms with Crippen molar-refractivity contribution in [3.63, 3.8) is 0 Å². The van der Waals surface area contributed by atoms with E-state index in [0.29, 0.717) is 25.7 Å². The number of benzene rings is 1. The van der Waals surface area contributed by atoms with Crippen molar-refractivity contribution in [2.45, 2.75) is 19.7 Å². The summed E-state index contributed by atoms with van der Waals surface area (Å²) in [4.78, 5) is 6.52. The molecule has 23 heavy (non-hydrogen) atoms. The standard InChI is InChI=1S/C15H19N7O/c1-20(8-13-18-19-14-9-23-6-5-22(13)14)10-3-4-12-11(7-10)17-15(16)21(12)2/h3-4,7H,5-6,8-9H2,1-2H3,(H2,16,17). The SMILES string of the molecule is CN(Cc1nnc2n1CCOC2)c1ccc2c(c1)nc(N)n2C. The average Bonchev–Trinajstić information content (AvgIpc) is 3.09.